The first kappa shape index (κ1) is 6.44. The molecule has 8 heavy (non-hydrogen) atoms. The Morgan fingerprint density at radius 2 is 2.25 bits per heavy atom. The second-order valence-electron chi connectivity index (χ2n) is 2.33. The largest absolute Gasteiger partial charge is 0.116 e. The third kappa shape index (κ3) is 0.672. The Labute approximate surface area is 59.5 Å². The highest BCUT2D eigenvalue weighted by atomic mass is 35.5. The molecular weight excluding hydrogens is 143 g/mol. The minimum absolute atomic E-state index is 0.0316. The van der Waals surface area contributed by atoms with E-state index in [1.807, 2.05) is 19.9 Å². The summed E-state index contributed by atoms with van der Waals surface area (Å²) in [6.07, 6.45) is 1.97. The van der Waals surface area contributed by atoms with E-state index in [4.69, 9.17) is 23.2 Å². The van der Waals surface area contributed by atoms with E-state index in [0.29, 0.717) is 0 Å². The number of allylic oxidation sites excluding steroid dienone is 2. The van der Waals surface area contributed by atoms with Gasteiger partial charge in [-0.25, -0.2) is 0 Å². The molecule has 0 radical (unpaired) electrons. The predicted octanol–water partition coefficient (Wildman–Crippen LogP) is 2.55. The van der Waals surface area contributed by atoms with Gasteiger partial charge in [-0.3, -0.25) is 0 Å². The Kier molecular flexibility index (Phi) is 1.33. The number of hydrogen-bond acceptors (Lipinski definition) is 0. The summed E-state index contributed by atoms with van der Waals surface area (Å²) in [4.78, 5) is -0.262. The summed E-state index contributed by atoms with van der Waals surface area (Å²) in [5.74, 6) is 0. The Bertz CT molecular complexity index is 135. The standard InChI is InChI=1S/C6H8Cl2/c1-4-3-5(7)6(4,2)8/h3,5H,1-2H3. The van der Waals surface area contributed by atoms with Gasteiger partial charge in [-0.15, -0.1) is 23.2 Å². The van der Waals surface area contributed by atoms with Gasteiger partial charge in [-0.1, -0.05) is 11.6 Å². The Morgan fingerprint density at radius 1 is 1.75 bits per heavy atom. The average molecular weight is 151 g/mol. The van der Waals surface area contributed by atoms with Crippen molar-refractivity contribution in [3.63, 3.8) is 0 Å². The van der Waals surface area contributed by atoms with Gasteiger partial charge in [0.1, 0.15) is 0 Å². The van der Waals surface area contributed by atoms with Gasteiger partial charge in [-0.05, 0) is 13.8 Å². The lowest BCUT2D eigenvalue weighted by molar-refractivity contribution is 0.676. The van der Waals surface area contributed by atoms with Crippen LogP contribution in [-0.2, 0) is 0 Å². The average Bonchev–Trinajstić information content (AvgIpc) is 1.68. The molecule has 0 bridgehead atoms. The molecule has 0 aromatic rings. The van der Waals surface area contributed by atoms with Gasteiger partial charge in [0.25, 0.3) is 0 Å². The van der Waals surface area contributed by atoms with Crippen LogP contribution in [0.5, 0.6) is 0 Å². The van der Waals surface area contributed by atoms with E-state index in [2.05, 4.69) is 0 Å². The van der Waals surface area contributed by atoms with Crippen molar-refractivity contribution in [3.8, 4) is 0 Å². The molecule has 0 heterocycles. The summed E-state index contributed by atoms with van der Waals surface area (Å²) in [6.45, 7) is 3.92. The maximum absolute atomic E-state index is 5.91. The van der Waals surface area contributed by atoms with Crippen LogP contribution in [-0.4, -0.2) is 10.3 Å². The highest BCUT2D eigenvalue weighted by molar-refractivity contribution is 6.36. The van der Waals surface area contributed by atoms with E-state index >= 15 is 0 Å². The van der Waals surface area contributed by atoms with Gasteiger partial charge in [0.2, 0.25) is 0 Å². The summed E-state index contributed by atoms with van der Waals surface area (Å²) in [7, 11) is 0. The SMILES string of the molecule is CC1=CC(Cl)C1(C)Cl. The van der Waals surface area contributed by atoms with Crippen molar-refractivity contribution in [1.82, 2.24) is 0 Å². The number of alkyl halides is 2. The van der Waals surface area contributed by atoms with Gasteiger partial charge < -0.3 is 0 Å². The van der Waals surface area contributed by atoms with Crippen LogP contribution in [0.15, 0.2) is 11.6 Å². The van der Waals surface area contributed by atoms with Crippen LogP contribution in [0.2, 0.25) is 0 Å². The molecule has 1 aliphatic rings. The minimum atomic E-state index is -0.262. The fraction of sp³-hybridized carbons (Fsp3) is 0.667. The lowest BCUT2D eigenvalue weighted by atomic mass is 9.86. The molecule has 2 unspecified atom stereocenters. The van der Waals surface area contributed by atoms with E-state index in [1.54, 1.807) is 0 Å². The molecular formula is C6H8Cl2. The van der Waals surface area contributed by atoms with Crippen LogP contribution < -0.4 is 0 Å². The molecule has 1 aliphatic carbocycles. The zero-order valence-corrected chi connectivity index (χ0v) is 6.42. The number of halogens is 2. The first-order chi connectivity index (χ1) is 3.55. The van der Waals surface area contributed by atoms with E-state index in [0.717, 1.165) is 0 Å². The molecule has 0 saturated heterocycles. The van der Waals surface area contributed by atoms with Crippen LogP contribution in [0.25, 0.3) is 0 Å². The Hall–Kier alpha value is 0.320. The van der Waals surface area contributed by atoms with Gasteiger partial charge in [0, 0.05) is 0 Å². The summed E-state index contributed by atoms with van der Waals surface area (Å²) < 4.78 is 0. The van der Waals surface area contributed by atoms with Gasteiger partial charge >= 0.3 is 0 Å². The zero-order chi connectivity index (χ0) is 6.36. The summed E-state index contributed by atoms with van der Waals surface area (Å²) in [5, 5.41) is 0.0316. The van der Waals surface area contributed by atoms with E-state index in [1.165, 1.54) is 5.57 Å². The Balaban J connectivity index is 2.77. The molecule has 1 rings (SSSR count). The van der Waals surface area contributed by atoms with Crippen LogP contribution in [0.4, 0.5) is 0 Å². The minimum Gasteiger partial charge on any atom is -0.116 e. The molecule has 2 heteroatoms. The molecule has 0 spiro atoms. The molecule has 0 fully saturated rings. The van der Waals surface area contributed by atoms with Crippen molar-refractivity contribution in [2.75, 3.05) is 0 Å². The second kappa shape index (κ2) is 1.65. The summed E-state index contributed by atoms with van der Waals surface area (Å²) >= 11 is 11.6. The molecule has 0 aromatic carbocycles. The van der Waals surface area contributed by atoms with E-state index in [-0.39, 0.29) is 10.3 Å². The summed E-state index contributed by atoms with van der Waals surface area (Å²) in [5.41, 5.74) is 1.18. The fourth-order valence-corrected chi connectivity index (χ4v) is 1.15. The lowest BCUT2D eigenvalue weighted by Gasteiger charge is -2.35. The van der Waals surface area contributed by atoms with Crippen LogP contribution >= 0.6 is 23.2 Å². The van der Waals surface area contributed by atoms with E-state index in [9.17, 15) is 0 Å². The van der Waals surface area contributed by atoms with Crippen LogP contribution in [0, 0.1) is 0 Å². The van der Waals surface area contributed by atoms with Gasteiger partial charge in [-0.2, -0.15) is 0 Å². The highest BCUT2D eigenvalue weighted by Gasteiger charge is 2.38. The molecule has 0 saturated carbocycles. The first-order valence-electron chi connectivity index (χ1n) is 2.57. The van der Waals surface area contributed by atoms with Crippen molar-refractivity contribution in [1.29, 1.82) is 0 Å². The van der Waals surface area contributed by atoms with Crippen molar-refractivity contribution < 1.29 is 0 Å². The molecule has 0 aromatic heterocycles. The fourth-order valence-electron chi connectivity index (χ4n) is 0.660. The lowest BCUT2D eigenvalue weighted by Crippen LogP contribution is -2.37. The second-order valence-corrected chi connectivity index (χ2v) is 3.58. The smallest absolute Gasteiger partial charge is 0.0823 e. The maximum atomic E-state index is 5.91. The summed E-state index contributed by atoms with van der Waals surface area (Å²) in [6, 6.07) is 0. The first-order valence-corrected chi connectivity index (χ1v) is 3.38. The number of hydrogen-bond donors (Lipinski definition) is 0. The van der Waals surface area contributed by atoms with Crippen molar-refractivity contribution in [2.24, 2.45) is 0 Å². The monoisotopic (exact) mass is 150 g/mol. The quantitative estimate of drug-likeness (QED) is 0.368. The van der Waals surface area contributed by atoms with Crippen LogP contribution in [0.1, 0.15) is 13.8 Å². The third-order valence-corrected chi connectivity index (χ3v) is 2.89. The molecule has 0 nitrogen and oxygen atoms in total. The number of rotatable bonds is 0. The topological polar surface area (TPSA) is 0 Å². The van der Waals surface area contributed by atoms with Gasteiger partial charge in [0.15, 0.2) is 0 Å². The van der Waals surface area contributed by atoms with Crippen LogP contribution in [0.3, 0.4) is 0 Å². The van der Waals surface area contributed by atoms with Crippen molar-refractivity contribution in [2.45, 2.75) is 24.1 Å². The third-order valence-electron chi connectivity index (χ3n) is 1.69. The van der Waals surface area contributed by atoms with E-state index < -0.39 is 0 Å². The molecule has 46 valence electrons. The normalized spacial score (nSPS) is 45.5. The molecule has 0 N–H and O–H groups in total. The van der Waals surface area contributed by atoms with Crippen molar-refractivity contribution in [3.05, 3.63) is 11.6 Å². The molecule has 0 amide bonds. The molecule has 2 atom stereocenters. The van der Waals surface area contributed by atoms with Gasteiger partial charge in [0.05, 0.1) is 10.3 Å². The highest BCUT2D eigenvalue weighted by Crippen LogP contribution is 2.41. The Morgan fingerprint density at radius 3 is 2.25 bits per heavy atom. The maximum Gasteiger partial charge on any atom is 0.0823 e. The molecule has 0 aliphatic heterocycles. The zero-order valence-electron chi connectivity index (χ0n) is 4.91. The van der Waals surface area contributed by atoms with Crippen molar-refractivity contribution >= 4 is 23.2 Å². The predicted molar refractivity (Wildman–Crippen MR) is 37.7 cm³/mol.